The molecule has 2 aromatic heterocycles. The molecule has 0 N–H and O–H groups in total. The molecule has 0 unspecified atom stereocenters. The summed E-state index contributed by atoms with van der Waals surface area (Å²) in [5.41, 5.74) is 0.749. The average molecular weight is 282 g/mol. The molecule has 1 aliphatic heterocycles. The number of ketones is 1. The van der Waals surface area contributed by atoms with Crippen LogP contribution in [0.15, 0.2) is 41.1 Å². The third-order valence-electron chi connectivity index (χ3n) is 3.79. The SMILES string of the molecule is O=C(CN1CCn2cnnc2C1)c1cc2ccccc2o1. The van der Waals surface area contributed by atoms with Gasteiger partial charge in [-0.2, -0.15) is 0 Å². The van der Waals surface area contributed by atoms with Crippen molar-refractivity contribution in [3.05, 3.63) is 48.2 Å². The Bertz CT molecular complexity index is 772. The number of carbonyl (C=O) groups excluding carboxylic acids is 1. The Morgan fingerprint density at radius 1 is 1.29 bits per heavy atom. The molecule has 1 aromatic carbocycles. The maximum Gasteiger partial charge on any atom is 0.211 e. The topological polar surface area (TPSA) is 64.2 Å². The third-order valence-corrected chi connectivity index (χ3v) is 3.79. The molecule has 3 aromatic rings. The van der Waals surface area contributed by atoms with Crippen LogP contribution in [-0.2, 0) is 13.1 Å². The van der Waals surface area contributed by atoms with E-state index in [9.17, 15) is 4.79 Å². The van der Waals surface area contributed by atoms with Gasteiger partial charge in [-0.1, -0.05) is 18.2 Å². The number of nitrogens with zero attached hydrogens (tertiary/aromatic N) is 4. The molecular formula is C15H14N4O2. The highest BCUT2D eigenvalue weighted by atomic mass is 16.3. The molecule has 1 aliphatic rings. The first-order chi connectivity index (χ1) is 10.3. The molecule has 0 spiro atoms. The van der Waals surface area contributed by atoms with Crippen molar-refractivity contribution in [2.75, 3.05) is 13.1 Å². The fourth-order valence-corrected chi connectivity index (χ4v) is 2.65. The molecule has 106 valence electrons. The zero-order valence-electron chi connectivity index (χ0n) is 11.4. The molecule has 0 atom stereocenters. The highest BCUT2D eigenvalue weighted by Crippen LogP contribution is 2.20. The summed E-state index contributed by atoms with van der Waals surface area (Å²) >= 11 is 0. The van der Waals surface area contributed by atoms with Gasteiger partial charge in [-0.15, -0.1) is 10.2 Å². The molecule has 0 saturated carbocycles. The van der Waals surface area contributed by atoms with Crippen LogP contribution >= 0.6 is 0 Å². The van der Waals surface area contributed by atoms with Gasteiger partial charge in [0.15, 0.2) is 5.76 Å². The molecule has 0 amide bonds. The van der Waals surface area contributed by atoms with Gasteiger partial charge in [0.1, 0.15) is 17.7 Å². The molecule has 6 nitrogen and oxygen atoms in total. The largest absolute Gasteiger partial charge is 0.453 e. The Morgan fingerprint density at radius 3 is 3.10 bits per heavy atom. The Morgan fingerprint density at radius 2 is 2.19 bits per heavy atom. The number of benzene rings is 1. The number of fused-ring (bicyclic) bond motifs is 2. The third kappa shape index (κ3) is 2.23. The second-order valence-corrected chi connectivity index (χ2v) is 5.22. The minimum atomic E-state index is -0.000773. The van der Waals surface area contributed by atoms with E-state index < -0.39 is 0 Å². The zero-order chi connectivity index (χ0) is 14.2. The Hall–Kier alpha value is -2.47. The Balaban J connectivity index is 1.51. The highest BCUT2D eigenvalue weighted by molar-refractivity contribution is 5.98. The van der Waals surface area contributed by atoms with Crippen LogP contribution in [0, 0.1) is 0 Å². The molecule has 0 fully saturated rings. The van der Waals surface area contributed by atoms with Crippen molar-refractivity contribution in [2.45, 2.75) is 13.1 Å². The zero-order valence-corrected chi connectivity index (χ0v) is 11.4. The van der Waals surface area contributed by atoms with Crippen LogP contribution in [0.1, 0.15) is 16.4 Å². The summed E-state index contributed by atoms with van der Waals surface area (Å²) < 4.78 is 7.63. The van der Waals surface area contributed by atoms with Gasteiger partial charge >= 0.3 is 0 Å². The fraction of sp³-hybridized carbons (Fsp3) is 0.267. The average Bonchev–Trinajstić information content (AvgIpc) is 3.13. The maximum absolute atomic E-state index is 12.4. The minimum absolute atomic E-state index is 0.000773. The smallest absolute Gasteiger partial charge is 0.211 e. The van der Waals surface area contributed by atoms with Crippen LogP contribution in [0.5, 0.6) is 0 Å². The second-order valence-electron chi connectivity index (χ2n) is 5.22. The van der Waals surface area contributed by atoms with Gasteiger partial charge in [0.2, 0.25) is 5.78 Å². The molecule has 3 heterocycles. The van der Waals surface area contributed by atoms with E-state index in [0.717, 1.165) is 29.9 Å². The summed E-state index contributed by atoms with van der Waals surface area (Å²) in [5, 5.41) is 8.90. The lowest BCUT2D eigenvalue weighted by Crippen LogP contribution is -2.37. The van der Waals surface area contributed by atoms with Crippen LogP contribution in [0.25, 0.3) is 11.0 Å². The summed E-state index contributed by atoms with van der Waals surface area (Å²) in [6.07, 6.45) is 1.73. The first-order valence-corrected chi connectivity index (χ1v) is 6.90. The van der Waals surface area contributed by atoms with Crippen LogP contribution in [0.2, 0.25) is 0 Å². The molecule has 21 heavy (non-hydrogen) atoms. The number of rotatable bonds is 3. The number of Topliss-reactive ketones (excluding diaryl/α,β-unsaturated/α-hetero) is 1. The van der Waals surface area contributed by atoms with E-state index >= 15 is 0 Å². The lowest BCUT2D eigenvalue weighted by Gasteiger charge is -2.25. The number of hydrogen-bond acceptors (Lipinski definition) is 5. The van der Waals surface area contributed by atoms with E-state index in [4.69, 9.17) is 4.42 Å². The van der Waals surface area contributed by atoms with E-state index in [0.29, 0.717) is 18.8 Å². The van der Waals surface area contributed by atoms with Crippen molar-refractivity contribution < 1.29 is 9.21 Å². The molecule has 6 heteroatoms. The quantitative estimate of drug-likeness (QED) is 0.684. The Kier molecular flexibility index (Phi) is 2.82. The van der Waals surface area contributed by atoms with Crippen molar-refractivity contribution in [1.82, 2.24) is 19.7 Å². The van der Waals surface area contributed by atoms with Crippen molar-refractivity contribution in [3.8, 4) is 0 Å². The number of para-hydroxylation sites is 1. The van der Waals surface area contributed by atoms with Crippen LogP contribution in [0.4, 0.5) is 0 Å². The fourth-order valence-electron chi connectivity index (χ4n) is 2.65. The van der Waals surface area contributed by atoms with E-state index in [1.807, 2.05) is 34.9 Å². The molecule has 0 bridgehead atoms. The highest BCUT2D eigenvalue weighted by Gasteiger charge is 2.21. The number of aromatic nitrogens is 3. The van der Waals surface area contributed by atoms with E-state index in [1.54, 1.807) is 6.33 Å². The molecule has 0 aliphatic carbocycles. The van der Waals surface area contributed by atoms with Crippen LogP contribution < -0.4 is 0 Å². The predicted molar refractivity (Wildman–Crippen MR) is 75.8 cm³/mol. The lowest BCUT2D eigenvalue weighted by molar-refractivity contribution is 0.0882. The molecular weight excluding hydrogens is 268 g/mol. The van der Waals surface area contributed by atoms with Crippen molar-refractivity contribution >= 4 is 16.8 Å². The van der Waals surface area contributed by atoms with Gasteiger partial charge in [0.05, 0.1) is 13.1 Å². The lowest BCUT2D eigenvalue weighted by atomic mass is 10.2. The normalized spacial score (nSPS) is 15.2. The van der Waals surface area contributed by atoms with E-state index in [-0.39, 0.29) is 5.78 Å². The van der Waals surface area contributed by atoms with Gasteiger partial charge in [0, 0.05) is 18.5 Å². The number of carbonyl (C=O) groups is 1. The Labute approximate surface area is 121 Å². The molecule has 4 rings (SSSR count). The summed E-state index contributed by atoms with van der Waals surface area (Å²) in [5.74, 6) is 1.32. The van der Waals surface area contributed by atoms with Gasteiger partial charge in [-0.3, -0.25) is 9.69 Å². The van der Waals surface area contributed by atoms with Crippen molar-refractivity contribution in [2.24, 2.45) is 0 Å². The summed E-state index contributed by atoms with van der Waals surface area (Å²) in [4.78, 5) is 14.4. The van der Waals surface area contributed by atoms with Crippen LogP contribution in [-0.4, -0.2) is 38.5 Å². The van der Waals surface area contributed by atoms with E-state index in [2.05, 4.69) is 15.1 Å². The minimum Gasteiger partial charge on any atom is -0.453 e. The van der Waals surface area contributed by atoms with Gasteiger partial charge in [0.25, 0.3) is 0 Å². The molecule has 0 saturated heterocycles. The van der Waals surface area contributed by atoms with Crippen LogP contribution in [0.3, 0.4) is 0 Å². The first-order valence-electron chi connectivity index (χ1n) is 6.90. The van der Waals surface area contributed by atoms with Crippen molar-refractivity contribution in [1.29, 1.82) is 0 Å². The van der Waals surface area contributed by atoms with Gasteiger partial charge in [-0.05, 0) is 12.1 Å². The van der Waals surface area contributed by atoms with Crippen molar-refractivity contribution in [3.63, 3.8) is 0 Å². The number of furan rings is 1. The van der Waals surface area contributed by atoms with Gasteiger partial charge < -0.3 is 8.98 Å². The number of hydrogen-bond donors (Lipinski definition) is 0. The predicted octanol–water partition coefficient (Wildman–Crippen LogP) is 1.72. The first kappa shape index (κ1) is 12.3. The van der Waals surface area contributed by atoms with Gasteiger partial charge in [-0.25, -0.2) is 0 Å². The summed E-state index contributed by atoms with van der Waals surface area (Å²) in [6, 6.07) is 9.46. The summed E-state index contributed by atoms with van der Waals surface area (Å²) in [6.45, 7) is 2.62. The monoisotopic (exact) mass is 282 g/mol. The maximum atomic E-state index is 12.4. The standard InChI is InChI=1S/C15H14N4O2/c20-12(14-7-11-3-1-2-4-13(11)21-14)8-18-5-6-19-10-16-17-15(19)9-18/h1-4,7,10H,5-6,8-9H2. The summed E-state index contributed by atoms with van der Waals surface area (Å²) in [7, 11) is 0. The second kappa shape index (κ2) is 4.82. The molecule has 0 radical (unpaired) electrons. The van der Waals surface area contributed by atoms with E-state index in [1.165, 1.54) is 0 Å².